The van der Waals surface area contributed by atoms with Gasteiger partial charge in [-0.3, -0.25) is 0 Å². The first-order chi connectivity index (χ1) is 10.1. The van der Waals surface area contributed by atoms with Crippen molar-refractivity contribution in [3.63, 3.8) is 0 Å². The van der Waals surface area contributed by atoms with Gasteiger partial charge in [0.2, 0.25) is 0 Å². The van der Waals surface area contributed by atoms with Gasteiger partial charge in [0.05, 0.1) is 17.0 Å². The minimum absolute atomic E-state index is 0.331. The van der Waals surface area contributed by atoms with Crippen LogP contribution in [0.25, 0.3) is 22.3 Å². The standard InChI is InChI=1S/C15H10N2O4/c18-14(19)9-5-6-11(17-13(9)15(20)21)12-7-8-3-1-2-4-10(8)16-12/h1-7,16H,(H,18,19)(H,20,21). The second-order valence-corrected chi connectivity index (χ2v) is 4.47. The maximum atomic E-state index is 11.1. The van der Waals surface area contributed by atoms with Crippen molar-refractivity contribution in [1.29, 1.82) is 0 Å². The number of para-hydroxylation sites is 1. The summed E-state index contributed by atoms with van der Waals surface area (Å²) in [6.07, 6.45) is 0. The van der Waals surface area contributed by atoms with Crippen molar-refractivity contribution in [2.24, 2.45) is 0 Å². The predicted octanol–water partition coefficient (Wildman–Crippen LogP) is 2.63. The summed E-state index contributed by atoms with van der Waals surface area (Å²) in [5.74, 6) is -2.69. The molecule has 0 fully saturated rings. The highest BCUT2D eigenvalue weighted by molar-refractivity contribution is 6.00. The molecule has 2 heterocycles. The van der Waals surface area contributed by atoms with Crippen molar-refractivity contribution in [3.05, 3.63) is 53.7 Å². The molecule has 3 rings (SSSR count). The molecule has 21 heavy (non-hydrogen) atoms. The van der Waals surface area contributed by atoms with Gasteiger partial charge >= 0.3 is 11.9 Å². The minimum Gasteiger partial charge on any atom is -0.478 e. The number of rotatable bonds is 3. The van der Waals surface area contributed by atoms with E-state index in [2.05, 4.69) is 9.97 Å². The summed E-state index contributed by atoms with van der Waals surface area (Å²) in [5.41, 5.74) is 1.11. The molecule has 0 aliphatic carbocycles. The van der Waals surface area contributed by atoms with Crippen molar-refractivity contribution in [2.75, 3.05) is 0 Å². The molecule has 6 nitrogen and oxygen atoms in total. The zero-order valence-electron chi connectivity index (χ0n) is 10.7. The molecule has 0 atom stereocenters. The van der Waals surface area contributed by atoms with E-state index in [0.717, 1.165) is 10.9 Å². The zero-order chi connectivity index (χ0) is 15.0. The molecular weight excluding hydrogens is 272 g/mol. The summed E-state index contributed by atoms with van der Waals surface area (Å²) in [6, 6.07) is 12.2. The van der Waals surface area contributed by atoms with Crippen LogP contribution in [0.15, 0.2) is 42.5 Å². The van der Waals surface area contributed by atoms with Gasteiger partial charge in [0.1, 0.15) is 0 Å². The monoisotopic (exact) mass is 282 g/mol. The lowest BCUT2D eigenvalue weighted by Crippen LogP contribution is -2.11. The average Bonchev–Trinajstić information content (AvgIpc) is 2.90. The number of carbonyl (C=O) groups is 2. The number of aromatic carboxylic acids is 2. The van der Waals surface area contributed by atoms with Crippen molar-refractivity contribution in [3.8, 4) is 11.4 Å². The SMILES string of the molecule is O=C(O)c1ccc(-c2cc3ccccc3[nH]2)nc1C(=O)O. The van der Waals surface area contributed by atoms with E-state index in [1.54, 1.807) is 0 Å². The third-order valence-electron chi connectivity index (χ3n) is 3.13. The topological polar surface area (TPSA) is 103 Å². The van der Waals surface area contributed by atoms with Gasteiger partial charge in [0, 0.05) is 10.9 Å². The van der Waals surface area contributed by atoms with Gasteiger partial charge < -0.3 is 15.2 Å². The van der Waals surface area contributed by atoms with E-state index >= 15 is 0 Å². The molecule has 0 aliphatic rings. The fraction of sp³-hybridized carbons (Fsp3) is 0. The Hall–Kier alpha value is -3.15. The molecule has 3 aromatic rings. The second kappa shape index (κ2) is 4.75. The van der Waals surface area contributed by atoms with E-state index in [4.69, 9.17) is 10.2 Å². The van der Waals surface area contributed by atoms with E-state index < -0.39 is 17.6 Å². The second-order valence-electron chi connectivity index (χ2n) is 4.47. The molecule has 0 bridgehead atoms. The Labute approximate surface area is 118 Å². The van der Waals surface area contributed by atoms with E-state index in [1.165, 1.54) is 12.1 Å². The highest BCUT2D eigenvalue weighted by atomic mass is 16.4. The zero-order valence-corrected chi connectivity index (χ0v) is 10.7. The first-order valence-corrected chi connectivity index (χ1v) is 6.12. The average molecular weight is 282 g/mol. The lowest BCUT2D eigenvalue weighted by molar-refractivity contribution is 0.0646. The Bertz CT molecular complexity index is 834. The van der Waals surface area contributed by atoms with Crippen molar-refractivity contribution >= 4 is 22.8 Å². The van der Waals surface area contributed by atoms with Crippen LogP contribution < -0.4 is 0 Å². The van der Waals surface area contributed by atoms with Crippen molar-refractivity contribution in [1.82, 2.24) is 9.97 Å². The first-order valence-electron chi connectivity index (χ1n) is 6.12. The van der Waals surface area contributed by atoms with Crippen LogP contribution in [-0.4, -0.2) is 32.1 Å². The highest BCUT2D eigenvalue weighted by Gasteiger charge is 2.19. The molecule has 0 amide bonds. The molecular formula is C15H10N2O4. The summed E-state index contributed by atoms with van der Waals surface area (Å²) in [5, 5.41) is 19.0. The van der Waals surface area contributed by atoms with Crippen molar-refractivity contribution in [2.45, 2.75) is 0 Å². The van der Waals surface area contributed by atoms with Gasteiger partial charge in [-0.25, -0.2) is 14.6 Å². The summed E-state index contributed by atoms with van der Waals surface area (Å²) >= 11 is 0. The quantitative estimate of drug-likeness (QED) is 0.685. The fourth-order valence-corrected chi connectivity index (χ4v) is 2.16. The van der Waals surface area contributed by atoms with Crippen LogP contribution in [0.3, 0.4) is 0 Å². The molecule has 104 valence electrons. The maximum absolute atomic E-state index is 11.1. The summed E-state index contributed by atoms with van der Waals surface area (Å²) in [6.45, 7) is 0. The summed E-state index contributed by atoms with van der Waals surface area (Å²) in [4.78, 5) is 29.2. The van der Waals surface area contributed by atoms with Gasteiger partial charge in [-0.15, -0.1) is 0 Å². The normalized spacial score (nSPS) is 10.7. The number of nitrogens with zero attached hydrogens (tertiary/aromatic N) is 1. The van der Waals surface area contributed by atoms with Crippen LogP contribution in [0, 0.1) is 0 Å². The molecule has 0 radical (unpaired) electrons. The molecule has 0 unspecified atom stereocenters. The number of carboxylic acid groups (broad SMARTS) is 2. The smallest absolute Gasteiger partial charge is 0.355 e. The van der Waals surface area contributed by atoms with Gasteiger partial charge in [-0.05, 0) is 24.3 Å². The summed E-state index contributed by atoms with van der Waals surface area (Å²) in [7, 11) is 0. The van der Waals surface area contributed by atoms with Crippen LogP contribution in [0.1, 0.15) is 20.8 Å². The summed E-state index contributed by atoms with van der Waals surface area (Å²) < 4.78 is 0. The Morgan fingerprint density at radius 1 is 1.00 bits per heavy atom. The lowest BCUT2D eigenvalue weighted by atomic mass is 10.1. The Balaban J connectivity index is 2.16. The van der Waals surface area contributed by atoms with Gasteiger partial charge in [0.25, 0.3) is 0 Å². The number of fused-ring (bicyclic) bond motifs is 1. The largest absolute Gasteiger partial charge is 0.478 e. The lowest BCUT2D eigenvalue weighted by Gasteiger charge is -2.03. The minimum atomic E-state index is -1.37. The third-order valence-corrected chi connectivity index (χ3v) is 3.13. The molecule has 2 aromatic heterocycles. The number of benzene rings is 1. The van der Waals surface area contributed by atoms with Crippen LogP contribution in [0.2, 0.25) is 0 Å². The fourth-order valence-electron chi connectivity index (χ4n) is 2.16. The molecule has 0 aliphatic heterocycles. The number of H-pyrrole nitrogens is 1. The number of aromatic nitrogens is 2. The number of nitrogens with one attached hydrogen (secondary N) is 1. The molecule has 0 spiro atoms. The van der Waals surface area contributed by atoms with E-state index in [0.29, 0.717) is 11.4 Å². The molecule has 0 saturated heterocycles. The van der Waals surface area contributed by atoms with Gasteiger partial charge in [0.15, 0.2) is 5.69 Å². The van der Waals surface area contributed by atoms with E-state index in [1.807, 2.05) is 30.3 Å². The van der Waals surface area contributed by atoms with Gasteiger partial charge in [-0.2, -0.15) is 0 Å². The highest BCUT2D eigenvalue weighted by Crippen LogP contribution is 2.23. The Morgan fingerprint density at radius 3 is 2.43 bits per heavy atom. The van der Waals surface area contributed by atoms with Crippen molar-refractivity contribution < 1.29 is 19.8 Å². The van der Waals surface area contributed by atoms with Crippen LogP contribution in [-0.2, 0) is 0 Å². The Morgan fingerprint density at radius 2 is 1.76 bits per heavy atom. The molecule has 6 heteroatoms. The number of hydrogen-bond acceptors (Lipinski definition) is 3. The number of pyridine rings is 1. The number of carboxylic acids is 2. The Kier molecular flexibility index (Phi) is 2.91. The number of aromatic amines is 1. The van der Waals surface area contributed by atoms with E-state index in [-0.39, 0.29) is 5.56 Å². The van der Waals surface area contributed by atoms with Crippen LogP contribution in [0.4, 0.5) is 0 Å². The van der Waals surface area contributed by atoms with E-state index in [9.17, 15) is 9.59 Å². The molecule has 0 saturated carbocycles. The maximum Gasteiger partial charge on any atom is 0.355 e. The van der Waals surface area contributed by atoms with Gasteiger partial charge in [-0.1, -0.05) is 18.2 Å². The number of hydrogen-bond donors (Lipinski definition) is 3. The molecule has 3 N–H and O–H groups in total. The molecule has 1 aromatic carbocycles. The third kappa shape index (κ3) is 2.23. The van der Waals surface area contributed by atoms with Crippen LogP contribution >= 0.6 is 0 Å². The first kappa shape index (κ1) is 12.9. The predicted molar refractivity (Wildman–Crippen MR) is 75.4 cm³/mol. The van der Waals surface area contributed by atoms with Crippen LogP contribution in [0.5, 0.6) is 0 Å².